The van der Waals surface area contributed by atoms with Crippen molar-refractivity contribution in [3.8, 4) is 6.07 Å². The van der Waals surface area contributed by atoms with E-state index in [1.54, 1.807) is 18.2 Å². The fourth-order valence-corrected chi connectivity index (χ4v) is 3.30. The van der Waals surface area contributed by atoms with E-state index in [9.17, 15) is 18.4 Å². The number of nitrogens with zero attached hydrogens (tertiary/aromatic N) is 4. The first-order valence-corrected chi connectivity index (χ1v) is 8.68. The van der Waals surface area contributed by atoms with Crippen molar-refractivity contribution < 1.29 is 13.2 Å². The molecule has 8 heteroatoms. The summed E-state index contributed by atoms with van der Waals surface area (Å²) in [5, 5.41) is 17.8. The number of aromatic nitrogens is 3. The standard InChI is InChI=1S/C17H15F3N4S/c18-17(19,20)25-14-7-5-12(6-8-14)10-13(11-21)16-23-22-15-4-2-1-3-9-24(15)16/h5-8,10H,1-4,9H2/b13-10+. The maximum absolute atomic E-state index is 12.4. The van der Waals surface area contributed by atoms with Crippen LogP contribution >= 0.6 is 11.8 Å². The molecule has 1 aliphatic heterocycles. The second-order valence-corrected chi connectivity index (χ2v) is 6.83. The van der Waals surface area contributed by atoms with Crippen molar-refractivity contribution >= 4 is 23.4 Å². The van der Waals surface area contributed by atoms with Crippen LogP contribution < -0.4 is 0 Å². The minimum atomic E-state index is -4.31. The van der Waals surface area contributed by atoms with Crippen LogP contribution in [-0.4, -0.2) is 20.3 Å². The molecule has 1 aromatic heterocycles. The van der Waals surface area contributed by atoms with Crippen LogP contribution in [0.15, 0.2) is 29.2 Å². The molecule has 0 saturated heterocycles. The lowest BCUT2D eigenvalue weighted by Gasteiger charge is -2.07. The molecule has 0 radical (unpaired) electrons. The number of hydrogen-bond acceptors (Lipinski definition) is 4. The molecule has 2 aromatic rings. The van der Waals surface area contributed by atoms with Crippen LogP contribution in [0.1, 0.15) is 36.5 Å². The molecule has 0 fully saturated rings. The molecule has 1 aliphatic rings. The molecule has 3 rings (SSSR count). The monoisotopic (exact) mass is 364 g/mol. The SMILES string of the molecule is N#C/C(=C\c1ccc(SC(F)(F)F)cc1)c1nnc2n1CCCCC2. The molecule has 0 bridgehead atoms. The van der Waals surface area contributed by atoms with E-state index < -0.39 is 5.51 Å². The van der Waals surface area contributed by atoms with Crippen molar-refractivity contribution in [3.63, 3.8) is 0 Å². The lowest BCUT2D eigenvalue weighted by Crippen LogP contribution is -2.05. The topological polar surface area (TPSA) is 54.5 Å². The van der Waals surface area contributed by atoms with Gasteiger partial charge in [-0.25, -0.2) is 0 Å². The lowest BCUT2D eigenvalue weighted by molar-refractivity contribution is -0.0328. The molecule has 0 spiro atoms. The molecule has 25 heavy (non-hydrogen) atoms. The molecular formula is C17H15F3N4S. The van der Waals surface area contributed by atoms with E-state index in [-0.39, 0.29) is 16.7 Å². The molecular weight excluding hydrogens is 349 g/mol. The number of nitriles is 1. The highest BCUT2D eigenvalue weighted by Crippen LogP contribution is 2.36. The summed E-state index contributed by atoms with van der Waals surface area (Å²) in [6, 6.07) is 8.03. The average molecular weight is 364 g/mol. The van der Waals surface area contributed by atoms with Crippen LogP contribution in [0.4, 0.5) is 13.2 Å². The Morgan fingerprint density at radius 3 is 2.60 bits per heavy atom. The van der Waals surface area contributed by atoms with Gasteiger partial charge in [-0.3, -0.25) is 0 Å². The second-order valence-electron chi connectivity index (χ2n) is 5.69. The van der Waals surface area contributed by atoms with Crippen LogP contribution in [0.25, 0.3) is 11.6 Å². The van der Waals surface area contributed by atoms with Gasteiger partial charge < -0.3 is 4.57 Å². The Morgan fingerprint density at radius 2 is 1.92 bits per heavy atom. The maximum Gasteiger partial charge on any atom is 0.446 e. The van der Waals surface area contributed by atoms with Gasteiger partial charge in [-0.1, -0.05) is 18.6 Å². The molecule has 1 aromatic carbocycles. The van der Waals surface area contributed by atoms with Crippen LogP contribution in [0, 0.1) is 11.3 Å². The van der Waals surface area contributed by atoms with E-state index in [1.165, 1.54) is 12.1 Å². The molecule has 2 heterocycles. The Kier molecular flexibility index (Phi) is 5.13. The number of benzene rings is 1. The second kappa shape index (κ2) is 7.31. The largest absolute Gasteiger partial charge is 0.446 e. The molecule has 0 unspecified atom stereocenters. The fraction of sp³-hybridized carbons (Fsp3) is 0.353. The summed E-state index contributed by atoms with van der Waals surface area (Å²) in [5.74, 6) is 1.40. The number of fused-ring (bicyclic) bond motifs is 1. The maximum atomic E-state index is 12.4. The number of hydrogen-bond donors (Lipinski definition) is 0. The summed E-state index contributed by atoms with van der Waals surface area (Å²) >= 11 is -0.159. The first-order chi connectivity index (χ1) is 12.0. The highest BCUT2D eigenvalue weighted by atomic mass is 32.2. The number of allylic oxidation sites excluding steroid dienone is 1. The zero-order valence-corrected chi connectivity index (χ0v) is 14.1. The Bertz CT molecular complexity index is 816. The minimum Gasteiger partial charge on any atom is -0.310 e. The van der Waals surface area contributed by atoms with Gasteiger partial charge >= 0.3 is 5.51 Å². The number of alkyl halides is 3. The van der Waals surface area contributed by atoms with E-state index in [2.05, 4.69) is 16.3 Å². The highest BCUT2D eigenvalue weighted by molar-refractivity contribution is 8.00. The zero-order chi connectivity index (χ0) is 17.9. The van der Waals surface area contributed by atoms with Gasteiger partial charge in [0.25, 0.3) is 0 Å². The van der Waals surface area contributed by atoms with Crippen molar-refractivity contribution in [2.45, 2.75) is 42.6 Å². The van der Waals surface area contributed by atoms with Crippen LogP contribution in [0.2, 0.25) is 0 Å². The molecule has 0 amide bonds. The predicted octanol–water partition coefficient (Wildman–Crippen LogP) is 4.68. The number of rotatable bonds is 3. The summed E-state index contributed by atoms with van der Waals surface area (Å²) < 4.78 is 39.1. The fourth-order valence-electron chi connectivity index (χ4n) is 2.76. The smallest absolute Gasteiger partial charge is 0.310 e. The third kappa shape index (κ3) is 4.42. The molecule has 4 nitrogen and oxygen atoms in total. The normalized spacial score (nSPS) is 15.4. The van der Waals surface area contributed by atoms with Gasteiger partial charge in [0.2, 0.25) is 0 Å². The van der Waals surface area contributed by atoms with Crippen molar-refractivity contribution in [1.29, 1.82) is 5.26 Å². The van der Waals surface area contributed by atoms with Gasteiger partial charge in [0.1, 0.15) is 11.9 Å². The van der Waals surface area contributed by atoms with Crippen LogP contribution in [-0.2, 0) is 13.0 Å². The van der Waals surface area contributed by atoms with Gasteiger partial charge in [0, 0.05) is 17.9 Å². The highest BCUT2D eigenvalue weighted by Gasteiger charge is 2.29. The van der Waals surface area contributed by atoms with E-state index in [4.69, 9.17) is 0 Å². The zero-order valence-electron chi connectivity index (χ0n) is 13.3. The van der Waals surface area contributed by atoms with Crippen molar-refractivity contribution in [3.05, 3.63) is 41.5 Å². The quantitative estimate of drug-likeness (QED) is 0.586. The summed E-state index contributed by atoms with van der Waals surface area (Å²) in [4.78, 5) is 0.111. The first-order valence-electron chi connectivity index (χ1n) is 7.86. The van der Waals surface area contributed by atoms with Crippen LogP contribution in [0.5, 0.6) is 0 Å². The average Bonchev–Trinajstić information content (AvgIpc) is 2.81. The van der Waals surface area contributed by atoms with Gasteiger partial charge in [-0.2, -0.15) is 18.4 Å². The first kappa shape index (κ1) is 17.5. The summed E-state index contributed by atoms with van der Waals surface area (Å²) in [7, 11) is 0. The van der Waals surface area contributed by atoms with Crippen LogP contribution in [0.3, 0.4) is 0 Å². The molecule has 130 valence electrons. The Balaban J connectivity index is 1.86. The third-order valence-corrected chi connectivity index (χ3v) is 4.63. The van der Waals surface area contributed by atoms with E-state index in [0.29, 0.717) is 17.0 Å². The summed E-state index contributed by atoms with van der Waals surface area (Å²) in [6.07, 6.45) is 5.66. The molecule has 0 saturated carbocycles. The number of thioether (sulfide) groups is 1. The molecule has 0 N–H and O–H groups in total. The molecule has 0 aliphatic carbocycles. The van der Waals surface area contributed by atoms with Crippen molar-refractivity contribution in [1.82, 2.24) is 14.8 Å². The predicted molar refractivity (Wildman–Crippen MR) is 89.4 cm³/mol. The van der Waals surface area contributed by atoms with E-state index in [0.717, 1.165) is 38.1 Å². The minimum absolute atomic E-state index is 0.111. The Labute approximate surface area is 147 Å². The molecule has 0 atom stereocenters. The van der Waals surface area contributed by atoms with E-state index >= 15 is 0 Å². The third-order valence-electron chi connectivity index (χ3n) is 3.90. The number of halogens is 3. The van der Waals surface area contributed by atoms with Gasteiger partial charge in [-0.15, -0.1) is 10.2 Å². The summed E-state index contributed by atoms with van der Waals surface area (Å²) in [5.41, 5.74) is -3.31. The number of aryl methyl sites for hydroxylation is 1. The van der Waals surface area contributed by atoms with Gasteiger partial charge in [-0.05, 0) is 48.4 Å². The van der Waals surface area contributed by atoms with Crippen molar-refractivity contribution in [2.75, 3.05) is 0 Å². The Morgan fingerprint density at radius 1 is 1.16 bits per heavy atom. The lowest BCUT2D eigenvalue weighted by atomic mass is 10.1. The Hall–Kier alpha value is -2.27. The summed E-state index contributed by atoms with van der Waals surface area (Å²) in [6.45, 7) is 0.776. The van der Waals surface area contributed by atoms with Gasteiger partial charge in [0.05, 0.1) is 5.57 Å². The van der Waals surface area contributed by atoms with Crippen molar-refractivity contribution in [2.24, 2.45) is 0 Å². The van der Waals surface area contributed by atoms with E-state index in [1.807, 2.05) is 4.57 Å². The van der Waals surface area contributed by atoms with Gasteiger partial charge in [0.15, 0.2) is 5.82 Å².